The lowest BCUT2D eigenvalue weighted by molar-refractivity contribution is 0.0693. The molecule has 0 radical (unpaired) electrons. The maximum Gasteiger partial charge on any atom is 0.339 e. The summed E-state index contributed by atoms with van der Waals surface area (Å²) in [6, 6.07) is 8.11. The van der Waals surface area contributed by atoms with E-state index in [0.717, 1.165) is 6.07 Å². The van der Waals surface area contributed by atoms with E-state index in [1.165, 1.54) is 30.3 Å². The van der Waals surface area contributed by atoms with Crippen molar-refractivity contribution < 1.29 is 19.8 Å². The maximum absolute atomic E-state index is 12.0. The molecule has 0 aliphatic carbocycles. The average molecular weight is 326 g/mol. The number of carbonyl (C=O) groups is 2. The van der Waals surface area contributed by atoms with Crippen LogP contribution in [-0.4, -0.2) is 22.1 Å². The highest BCUT2D eigenvalue weighted by atomic mass is 35.5. The van der Waals surface area contributed by atoms with Crippen molar-refractivity contribution in [2.75, 3.05) is 5.32 Å². The number of rotatable bonds is 3. The number of amides is 1. The zero-order valence-electron chi connectivity index (χ0n) is 10.4. The molecule has 0 aromatic heterocycles. The van der Waals surface area contributed by atoms with Gasteiger partial charge in [0.05, 0.1) is 10.0 Å². The Morgan fingerprint density at radius 2 is 1.71 bits per heavy atom. The first kappa shape index (κ1) is 15.2. The maximum atomic E-state index is 12.0. The molecule has 0 bridgehead atoms. The van der Waals surface area contributed by atoms with Gasteiger partial charge < -0.3 is 15.5 Å². The molecule has 0 aliphatic heterocycles. The van der Waals surface area contributed by atoms with Crippen molar-refractivity contribution in [2.45, 2.75) is 0 Å². The van der Waals surface area contributed by atoms with E-state index in [1.54, 1.807) is 0 Å². The third-order valence-electron chi connectivity index (χ3n) is 2.67. The summed E-state index contributed by atoms with van der Waals surface area (Å²) in [6.45, 7) is 0. The van der Waals surface area contributed by atoms with Gasteiger partial charge in [0.25, 0.3) is 5.91 Å². The first-order valence-electron chi connectivity index (χ1n) is 5.71. The number of benzene rings is 2. The van der Waals surface area contributed by atoms with Gasteiger partial charge in [0.1, 0.15) is 11.3 Å². The lowest BCUT2D eigenvalue weighted by Crippen LogP contribution is -2.12. The summed E-state index contributed by atoms with van der Waals surface area (Å²) in [5, 5.41) is 21.4. The summed E-state index contributed by atoms with van der Waals surface area (Å²) in [5.74, 6) is -2.15. The van der Waals surface area contributed by atoms with Crippen molar-refractivity contribution >= 4 is 40.8 Å². The van der Waals surface area contributed by atoms with Crippen LogP contribution in [0.1, 0.15) is 20.7 Å². The predicted molar refractivity (Wildman–Crippen MR) is 79.5 cm³/mol. The number of phenols is 1. The lowest BCUT2D eigenvalue weighted by atomic mass is 10.1. The molecule has 21 heavy (non-hydrogen) atoms. The van der Waals surface area contributed by atoms with Crippen LogP contribution in [0.4, 0.5) is 5.69 Å². The van der Waals surface area contributed by atoms with Crippen LogP contribution in [0.5, 0.6) is 5.75 Å². The molecule has 0 heterocycles. The standard InChI is InChI=1S/C14H9Cl2NO4/c15-10-4-1-7(5-11(10)16)13(19)17-8-2-3-9(14(20)21)12(18)6-8/h1-6,18H,(H,17,19)(H,20,21). The lowest BCUT2D eigenvalue weighted by Gasteiger charge is -2.07. The zero-order chi connectivity index (χ0) is 15.6. The van der Waals surface area contributed by atoms with Crippen LogP contribution in [-0.2, 0) is 0 Å². The van der Waals surface area contributed by atoms with Crippen LogP contribution in [0.15, 0.2) is 36.4 Å². The number of carboxylic acid groups (broad SMARTS) is 1. The van der Waals surface area contributed by atoms with E-state index < -0.39 is 17.6 Å². The first-order valence-corrected chi connectivity index (χ1v) is 6.47. The molecular formula is C14H9Cl2NO4. The van der Waals surface area contributed by atoms with Crippen molar-refractivity contribution in [3.63, 3.8) is 0 Å². The highest BCUT2D eigenvalue weighted by molar-refractivity contribution is 6.42. The topological polar surface area (TPSA) is 86.6 Å². The van der Waals surface area contributed by atoms with Gasteiger partial charge in [-0.2, -0.15) is 0 Å². The number of nitrogens with one attached hydrogen (secondary N) is 1. The van der Waals surface area contributed by atoms with E-state index in [0.29, 0.717) is 5.02 Å². The molecule has 0 saturated heterocycles. The first-order chi connectivity index (χ1) is 9.88. The van der Waals surface area contributed by atoms with Crippen LogP contribution in [0, 0.1) is 0 Å². The zero-order valence-corrected chi connectivity index (χ0v) is 11.9. The normalized spacial score (nSPS) is 10.2. The Labute approximate surface area is 129 Å². The Hall–Kier alpha value is -2.24. The van der Waals surface area contributed by atoms with Crippen molar-refractivity contribution in [3.8, 4) is 5.75 Å². The summed E-state index contributed by atoms with van der Waals surface area (Å²) in [4.78, 5) is 22.8. The summed E-state index contributed by atoms with van der Waals surface area (Å²) < 4.78 is 0. The molecule has 2 rings (SSSR count). The van der Waals surface area contributed by atoms with Crippen molar-refractivity contribution in [2.24, 2.45) is 0 Å². The predicted octanol–water partition coefficient (Wildman–Crippen LogP) is 3.65. The fourth-order valence-electron chi connectivity index (χ4n) is 1.63. The van der Waals surface area contributed by atoms with Crippen LogP contribution >= 0.6 is 23.2 Å². The van der Waals surface area contributed by atoms with E-state index >= 15 is 0 Å². The second kappa shape index (κ2) is 6.03. The number of anilines is 1. The number of aromatic carboxylic acids is 1. The minimum absolute atomic E-state index is 0.244. The number of halogens is 2. The Bertz CT molecular complexity index is 731. The molecule has 108 valence electrons. The number of hydrogen-bond donors (Lipinski definition) is 3. The fourth-order valence-corrected chi connectivity index (χ4v) is 1.93. The summed E-state index contributed by atoms with van der Waals surface area (Å²) in [7, 11) is 0. The highest BCUT2D eigenvalue weighted by Gasteiger charge is 2.12. The number of hydrogen-bond acceptors (Lipinski definition) is 3. The van der Waals surface area contributed by atoms with Crippen molar-refractivity contribution in [1.82, 2.24) is 0 Å². The Morgan fingerprint density at radius 3 is 2.29 bits per heavy atom. The van der Waals surface area contributed by atoms with Crippen LogP contribution < -0.4 is 5.32 Å². The quantitative estimate of drug-likeness (QED) is 0.803. The Balaban J connectivity index is 2.21. The third kappa shape index (κ3) is 3.45. The SMILES string of the molecule is O=C(Nc1ccc(C(=O)O)c(O)c1)c1ccc(Cl)c(Cl)c1. The minimum atomic E-state index is -1.25. The Morgan fingerprint density at radius 1 is 1.00 bits per heavy atom. The van der Waals surface area contributed by atoms with Gasteiger partial charge in [0.15, 0.2) is 0 Å². The molecule has 3 N–H and O–H groups in total. The van der Waals surface area contributed by atoms with Gasteiger partial charge in [-0.1, -0.05) is 23.2 Å². The largest absolute Gasteiger partial charge is 0.507 e. The molecule has 0 saturated carbocycles. The second-order valence-corrected chi connectivity index (χ2v) is 4.93. The van der Waals surface area contributed by atoms with E-state index in [4.69, 9.17) is 28.3 Å². The van der Waals surface area contributed by atoms with Crippen LogP contribution in [0.2, 0.25) is 10.0 Å². The summed E-state index contributed by atoms with van der Waals surface area (Å²) >= 11 is 11.6. The number of aromatic hydroxyl groups is 1. The molecule has 2 aromatic carbocycles. The van der Waals surface area contributed by atoms with Gasteiger partial charge in [-0.15, -0.1) is 0 Å². The smallest absolute Gasteiger partial charge is 0.339 e. The van der Waals surface area contributed by atoms with Crippen LogP contribution in [0.25, 0.3) is 0 Å². The van der Waals surface area contributed by atoms with Gasteiger partial charge in [0.2, 0.25) is 0 Å². The van der Waals surface area contributed by atoms with Gasteiger partial charge >= 0.3 is 5.97 Å². The number of carbonyl (C=O) groups excluding carboxylic acids is 1. The fraction of sp³-hybridized carbons (Fsp3) is 0. The molecule has 0 fully saturated rings. The van der Waals surface area contributed by atoms with E-state index in [2.05, 4.69) is 5.32 Å². The average Bonchev–Trinajstić information content (AvgIpc) is 2.41. The third-order valence-corrected chi connectivity index (χ3v) is 3.41. The molecule has 0 atom stereocenters. The molecule has 0 unspecified atom stereocenters. The highest BCUT2D eigenvalue weighted by Crippen LogP contribution is 2.25. The van der Waals surface area contributed by atoms with E-state index in [9.17, 15) is 14.7 Å². The molecule has 7 heteroatoms. The molecule has 2 aromatic rings. The monoisotopic (exact) mass is 325 g/mol. The Kier molecular flexibility index (Phi) is 4.35. The molecule has 1 amide bonds. The van der Waals surface area contributed by atoms with Gasteiger partial charge in [-0.05, 0) is 30.3 Å². The molecule has 0 spiro atoms. The second-order valence-electron chi connectivity index (χ2n) is 4.12. The van der Waals surface area contributed by atoms with Crippen LogP contribution in [0.3, 0.4) is 0 Å². The van der Waals surface area contributed by atoms with Crippen molar-refractivity contribution in [1.29, 1.82) is 0 Å². The number of carboxylic acids is 1. The minimum Gasteiger partial charge on any atom is -0.507 e. The van der Waals surface area contributed by atoms with Gasteiger partial charge in [-0.3, -0.25) is 4.79 Å². The van der Waals surface area contributed by atoms with Gasteiger partial charge in [-0.25, -0.2) is 4.79 Å². The van der Waals surface area contributed by atoms with Gasteiger partial charge in [0, 0.05) is 17.3 Å². The summed E-state index contributed by atoms with van der Waals surface area (Å²) in [5.41, 5.74) is 0.294. The summed E-state index contributed by atoms with van der Waals surface area (Å²) in [6.07, 6.45) is 0. The van der Waals surface area contributed by atoms with E-state index in [1.807, 2.05) is 0 Å². The molecule has 0 aliphatic rings. The molecule has 5 nitrogen and oxygen atoms in total. The van der Waals surface area contributed by atoms with Crippen molar-refractivity contribution in [3.05, 3.63) is 57.6 Å². The molecular weight excluding hydrogens is 317 g/mol. The van der Waals surface area contributed by atoms with E-state index in [-0.39, 0.29) is 21.8 Å².